The number of hydrogen-bond donors (Lipinski definition) is 1. The largest absolute Gasteiger partial charge is 0.318 e. The maximum Gasteiger partial charge on any atom is 0.271 e. The van der Waals surface area contributed by atoms with Crippen LogP contribution in [0.5, 0.6) is 0 Å². The molecule has 5 nitrogen and oxygen atoms in total. The van der Waals surface area contributed by atoms with Crippen molar-refractivity contribution >= 4 is 38.3 Å². The lowest BCUT2D eigenvalue weighted by Gasteiger charge is -2.03. The summed E-state index contributed by atoms with van der Waals surface area (Å²) in [6.45, 7) is 0. The van der Waals surface area contributed by atoms with Crippen LogP contribution < -0.4 is 10.2 Å². The second-order valence-electron chi connectivity index (χ2n) is 5.38. The fourth-order valence-electron chi connectivity index (χ4n) is 2.39. The molecule has 3 aromatic rings. The molecule has 2 aromatic carbocycles. The maximum atomic E-state index is 12.3. The molecule has 124 valence electrons. The van der Waals surface area contributed by atoms with Gasteiger partial charge < -0.3 is 4.57 Å². The molecule has 0 bridgehead atoms. The highest BCUT2D eigenvalue weighted by Gasteiger charge is 2.07. The molecule has 1 N–H and O–H groups in total. The number of amides is 1. The molecule has 0 fully saturated rings. The SMILES string of the molecule is Cn1/c(=N/NC(=O)c2cccc(CS(C)=O)c2)sc2ccccc21. The van der Waals surface area contributed by atoms with E-state index >= 15 is 0 Å². The summed E-state index contributed by atoms with van der Waals surface area (Å²) in [5.74, 6) is 0.153. The van der Waals surface area contributed by atoms with Crippen molar-refractivity contribution < 1.29 is 9.00 Å². The third-order valence-corrected chi connectivity index (χ3v) is 5.38. The van der Waals surface area contributed by atoms with Gasteiger partial charge in [-0.25, -0.2) is 5.43 Å². The lowest BCUT2D eigenvalue weighted by atomic mass is 10.1. The number of para-hydroxylation sites is 1. The number of hydrogen-bond acceptors (Lipinski definition) is 4. The second-order valence-corrected chi connectivity index (χ2v) is 7.83. The van der Waals surface area contributed by atoms with Crippen molar-refractivity contribution in [2.24, 2.45) is 12.1 Å². The maximum absolute atomic E-state index is 12.3. The number of nitrogens with zero attached hydrogens (tertiary/aromatic N) is 2. The Labute approximate surface area is 146 Å². The first-order valence-corrected chi connectivity index (χ1v) is 9.86. The third kappa shape index (κ3) is 3.63. The van der Waals surface area contributed by atoms with Gasteiger partial charge in [0, 0.05) is 35.4 Å². The van der Waals surface area contributed by atoms with Gasteiger partial charge in [-0.05, 0) is 29.8 Å². The first-order valence-electron chi connectivity index (χ1n) is 7.32. The molecule has 1 atom stereocenters. The van der Waals surface area contributed by atoms with Crippen LogP contribution in [0.3, 0.4) is 0 Å². The molecular weight excluding hydrogens is 342 g/mol. The number of carbonyl (C=O) groups excluding carboxylic acids is 1. The van der Waals surface area contributed by atoms with E-state index in [9.17, 15) is 9.00 Å². The summed E-state index contributed by atoms with van der Waals surface area (Å²) >= 11 is 1.51. The van der Waals surface area contributed by atoms with Gasteiger partial charge in [-0.2, -0.15) is 0 Å². The first kappa shape index (κ1) is 16.6. The number of rotatable bonds is 4. The smallest absolute Gasteiger partial charge is 0.271 e. The number of aromatic nitrogens is 1. The van der Waals surface area contributed by atoms with E-state index in [1.807, 2.05) is 41.9 Å². The molecule has 0 aliphatic carbocycles. The first-order chi connectivity index (χ1) is 11.5. The van der Waals surface area contributed by atoms with E-state index in [0.29, 0.717) is 11.3 Å². The van der Waals surface area contributed by atoms with Crippen LogP contribution in [0.4, 0.5) is 0 Å². The van der Waals surface area contributed by atoms with Crippen LogP contribution in [0.25, 0.3) is 10.2 Å². The van der Waals surface area contributed by atoms with Gasteiger partial charge in [-0.15, -0.1) is 5.10 Å². The highest BCUT2D eigenvalue weighted by atomic mass is 32.2. The van der Waals surface area contributed by atoms with Crippen LogP contribution in [0.2, 0.25) is 0 Å². The summed E-state index contributed by atoms with van der Waals surface area (Å²) in [5.41, 5.74) is 5.05. The van der Waals surface area contributed by atoms with Crippen LogP contribution in [0.1, 0.15) is 15.9 Å². The van der Waals surface area contributed by atoms with Gasteiger partial charge in [0.25, 0.3) is 5.91 Å². The van der Waals surface area contributed by atoms with Gasteiger partial charge in [0.15, 0.2) is 0 Å². The Bertz CT molecular complexity index is 989. The van der Waals surface area contributed by atoms with E-state index in [1.54, 1.807) is 24.5 Å². The number of aryl methyl sites for hydroxylation is 1. The molecule has 24 heavy (non-hydrogen) atoms. The van der Waals surface area contributed by atoms with Crippen LogP contribution in [-0.2, 0) is 23.6 Å². The van der Waals surface area contributed by atoms with E-state index in [-0.39, 0.29) is 5.91 Å². The van der Waals surface area contributed by atoms with Crippen molar-refractivity contribution in [1.82, 2.24) is 9.99 Å². The molecule has 1 unspecified atom stereocenters. The van der Waals surface area contributed by atoms with Crippen molar-refractivity contribution in [2.45, 2.75) is 5.75 Å². The lowest BCUT2D eigenvalue weighted by Crippen LogP contribution is -2.23. The van der Waals surface area contributed by atoms with E-state index in [0.717, 1.165) is 20.6 Å². The third-order valence-electron chi connectivity index (χ3n) is 3.53. The summed E-state index contributed by atoms with van der Waals surface area (Å²) in [6, 6.07) is 15.1. The highest BCUT2D eigenvalue weighted by molar-refractivity contribution is 7.83. The zero-order chi connectivity index (χ0) is 17.1. The molecule has 1 aromatic heterocycles. The van der Waals surface area contributed by atoms with Gasteiger partial charge in [0.05, 0.1) is 10.2 Å². The van der Waals surface area contributed by atoms with E-state index in [2.05, 4.69) is 10.5 Å². The number of fused-ring (bicyclic) bond motifs is 1. The predicted molar refractivity (Wildman–Crippen MR) is 98.0 cm³/mol. The summed E-state index contributed by atoms with van der Waals surface area (Å²) in [7, 11) is 0.977. The normalized spacial score (nSPS) is 13.2. The Morgan fingerprint density at radius 2 is 2.04 bits per heavy atom. The minimum atomic E-state index is -0.940. The fourth-order valence-corrected chi connectivity index (χ4v) is 4.02. The Balaban J connectivity index is 1.84. The molecule has 0 aliphatic rings. The van der Waals surface area contributed by atoms with E-state index < -0.39 is 10.8 Å². The Kier molecular flexibility index (Phi) is 4.92. The van der Waals surface area contributed by atoms with Crippen LogP contribution in [-0.4, -0.2) is 20.9 Å². The lowest BCUT2D eigenvalue weighted by molar-refractivity contribution is 0.0953. The van der Waals surface area contributed by atoms with Gasteiger partial charge >= 0.3 is 0 Å². The summed E-state index contributed by atoms with van der Waals surface area (Å²) in [4.78, 5) is 13.0. The molecular formula is C17H17N3O2S2. The Hall–Kier alpha value is -2.25. The minimum absolute atomic E-state index is 0.281. The summed E-state index contributed by atoms with van der Waals surface area (Å²) in [6.07, 6.45) is 1.64. The zero-order valence-corrected chi connectivity index (χ0v) is 15.0. The van der Waals surface area contributed by atoms with Crippen molar-refractivity contribution in [1.29, 1.82) is 0 Å². The van der Waals surface area contributed by atoms with Crippen LogP contribution >= 0.6 is 11.3 Å². The summed E-state index contributed by atoms with van der Waals surface area (Å²) < 4.78 is 14.4. The summed E-state index contributed by atoms with van der Waals surface area (Å²) in [5, 5.41) is 4.23. The number of nitrogens with one attached hydrogen (secondary N) is 1. The number of carbonyl (C=O) groups is 1. The van der Waals surface area contributed by atoms with Gasteiger partial charge in [0.1, 0.15) is 0 Å². The average Bonchev–Trinajstić information content (AvgIpc) is 2.89. The Morgan fingerprint density at radius 1 is 1.25 bits per heavy atom. The zero-order valence-electron chi connectivity index (χ0n) is 13.4. The Morgan fingerprint density at radius 3 is 2.79 bits per heavy atom. The van der Waals surface area contributed by atoms with E-state index in [1.165, 1.54) is 11.3 Å². The molecule has 3 rings (SSSR count). The topological polar surface area (TPSA) is 63.5 Å². The highest BCUT2D eigenvalue weighted by Crippen LogP contribution is 2.15. The number of thiazole rings is 1. The van der Waals surface area contributed by atoms with Crippen molar-refractivity contribution in [3.8, 4) is 0 Å². The van der Waals surface area contributed by atoms with Gasteiger partial charge in [-0.3, -0.25) is 9.00 Å². The molecule has 1 amide bonds. The average molecular weight is 359 g/mol. The molecule has 0 saturated carbocycles. The van der Waals surface area contributed by atoms with Gasteiger partial charge in [-0.1, -0.05) is 35.6 Å². The van der Waals surface area contributed by atoms with E-state index in [4.69, 9.17) is 0 Å². The molecule has 0 spiro atoms. The second kappa shape index (κ2) is 7.11. The molecule has 0 radical (unpaired) electrons. The number of benzene rings is 2. The molecule has 7 heteroatoms. The van der Waals surface area contributed by atoms with Crippen LogP contribution in [0.15, 0.2) is 53.6 Å². The van der Waals surface area contributed by atoms with Crippen molar-refractivity contribution in [3.05, 3.63) is 64.5 Å². The minimum Gasteiger partial charge on any atom is -0.318 e. The quantitative estimate of drug-likeness (QED) is 0.727. The molecule has 0 aliphatic heterocycles. The van der Waals surface area contributed by atoms with Gasteiger partial charge in [0.2, 0.25) is 4.80 Å². The van der Waals surface area contributed by atoms with Crippen molar-refractivity contribution in [2.75, 3.05) is 6.26 Å². The predicted octanol–water partition coefficient (Wildman–Crippen LogP) is 2.36. The standard InChI is InChI=1S/C17H17N3O2S2/c1-20-14-8-3-4-9-15(14)23-17(20)19-18-16(21)13-7-5-6-12(10-13)11-24(2)22/h3-10H,11H2,1-2H3,(H,18,21)/b19-17-. The van der Waals surface area contributed by atoms with Crippen LogP contribution in [0, 0.1) is 0 Å². The fraction of sp³-hybridized carbons (Fsp3) is 0.176. The molecule has 0 saturated heterocycles. The molecule has 1 heterocycles. The monoisotopic (exact) mass is 359 g/mol. The van der Waals surface area contributed by atoms with Crippen molar-refractivity contribution in [3.63, 3.8) is 0 Å².